The molecule has 20 atom stereocenters. The molecule has 11 N–H and O–H groups in total. The molecule has 4 saturated heterocycles. The first-order valence-electron chi connectivity index (χ1n) is 15.4. The Bertz CT molecular complexity index is 1050. The van der Waals surface area contributed by atoms with Crippen molar-refractivity contribution in [2.75, 3.05) is 19.8 Å². The molecule has 0 aromatic carbocycles. The smallest absolute Gasteiger partial charge is 0.227 e. The molecule has 5 aliphatic heterocycles. The predicted molar refractivity (Wildman–Crippen MR) is 147 cm³/mol. The van der Waals surface area contributed by atoms with Crippen LogP contribution >= 0.6 is 0 Å². The summed E-state index contributed by atoms with van der Waals surface area (Å²) in [6.45, 7) is 0.891. The van der Waals surface area contributed by atoms with Crippen molar-refractivity contribution in [2.24, 2.45) is 4.99 Å². The molecule has 0 aromatic rings. The van der Waals surface area contributed by atoms with Gasteiger partial charge in [-0.15, -0.1) is 0 Å². The molecule has 272 valence electrons. The van der Waals surface area contributed by atoms with E-state index in [-0.39, 0.29) is 12.3 Å². The lowest BCUT2D eigenvalue weighted by molar-refractivity contribution is -0.392. The highest BCUT2D eigenvalue weighted by atomic mass is 16.8. The predicted octanol–water partition coefficient (Wildman–Crippen LogP) is -6.87. The Balaban J connectivity index is 1.32. The molecule has 4 fully saturated rings. The second-order valence-electron chi connectivity index (χ2n) is 12.1. The highest BCUT2D eigenvalue weighted by Gasteiger charge is 2.56. The number of aliphatic hydroxyl groups excluding tert-OH is 11. The van der Waals surface area contributed by atoms with E-state index < -0.39 is 143 Å². The Hall–Kier alpha value is -1.25. The van der Waals surface area contributed by atoms with Crippen molar-refractivity contribution in [3.63, 3.8) is 0 Å². The fourth-order valence-corrected chi connectivity index (χ4v) is 6.34. The van der Waals surface area contributed by atoms with E-state index in [0.29, 0.717) is 0 Å². The SMILES string of the molecule is CCC1O[C@H](OC2[C@@H](O[C@@H]3C(CO)O[C@@H](O[C@@H]4C(CO)O[C@@H]5OC(C)=NC5[C@H]4O)C(O)[C@H]3O)OC(CO)[C@@H](O)[C@@H]2O)C(O)[C@@H](O)[C@@H]1O. The van der Waals surface area contributed by atoms with E-state index >= 15 is 0 Å². The first kappa shape index (κ1) is 37.0. The standard InChI is InChI=1S/C27H45NO19/c1-3-8-13(32)16(35)19(38)25(41-8)47-23-17(36)14(33)9(4-29)42-27(23)46-22-11(6-31)44-26(20(39)18(22)37)45-21-10(5-30)43-24-12(15(21)34)28-7(2)40-24/h8-27,29-39H,3-6H2,1-2H3/t8?,9?,10?,11?,12?,13-,14-,15-,16+,17+,18-,19?,20?,21-,22-,23?,24+,25-,26+,27-/m1/s1. The van der Waals surface area contributed by atoms with E-state index in [1.807, 2.05) is 0 Å². The van der Waals surface area contributed by atoms with Gasteiger partial charge in [-0.25, -0.2) is 4.99 Å². The largest absolute Gasteiger partial charge is 0.450 e. The fourth-order valence-electron chi connectivity index (χ4n) is 6.34. The summed E-state index contributed by atoms with van der Waals surface area (Å²) in [5.41, 5.74) is 0. The molecule has 0 amide bonds. The molecular formula is C27H45NO19. The minimum atomic E-state index is -1.92. The van der Waals surface area contributed by atoms with Crippen LogP contribution in [-0.2, 0) is 37.9 Å². The summed E-state index contributed by atoms with van der Waals surface area (Å²) in [5.74, 6) is 0.234. The maximum atomic E-state index is 11.2. The Morgan fingerprint density at radius 1 is 0.532 bits per heavy atom. The topological polar surface area (TPSA) is 309 Å². The van der Waals surface area contributed by atoms with E-state index in [2.05, 4.69) is 4.99 Å². The molecule has 0 spiro atoms. The lowest BCUT2D eigenvalue weighted by atomic mass is 9.95. The summed E-state index contributed by atoms with van der Waals surface area (Å²) in [5, 5.41) is 115. The van der Waals surface area contributed by atoms with Crippen LogP contribution in [0.1, 0.15) is 20.3 Å². The maximum Gasteiger partial charge on any atom is 0.227 e. The van der Waals surface area contributed by atoms with Gasteiger partial charge in [0.25, 0.3) is 0 Å². The molecular weight excluding hydrogens is 642 g/mol. The average molecular weight is 688 g/mol. The molecule has 47 heavy (non-hydrogen) atoms. The Morgan fingerprint density at radius 2 is 1.00 bits per heavy atom. The van der Waals surface area contributed by atoms with Crippen LogP contribution in [-0.4, -0.2) is 205 Å². The summed E-state index contributed by atoms with van der Waals surface area (Å²) in [6.07, 6.45) is -29.7. The van der Waals surface area contributed by atoms with Crippen molar-refractivity contribution in [3.8, 4) is 0 Å². The zero-order valence-corrected chi connectivity index (χ0v) is 25.5. The van der Waals surface area contributed by atoms with Gasteiger partial charge in [0, 0.05) is 6.92 Å². The number of hydrogen-bond donors (Lipinski definition) is 11. The minimum absolute atomic E-state index is 0.194. The van der Waals surface area contributed by atoms with Crippen molar-refractivity contribution in [3.05, 3.63) is 0 Å². The van der Waals surface area contributed by atoms with E-state index in [0.717, 1.165) is 0 Å². The van der Waals surface area contributed by atoms with Crippen LogP contribution in [0.15, 0.2) is 4.99 Å². The molecule has 0 aliphatic carbocycles. The molecule has 0 radical (unpaired) electrons. The third-order valence-electron chi connectivity index (χ3n) is 9.03. The van der Waals surface area contributed by atoms with Gasteiger partial charge < -0.3 is 94.1 Å². The minimum Gasteiger partial charge on any atom is -0.450 e. The Labute approximate surface area is 268 Å². The van der Waals surface area contributed by atoms with E-state index in [1.54, 1.807) is 13.8 Å². The molecule has 20 heteroatoms. The number of fused-ring (bicyclic) bond motifs is 1. The van der Waals surface area contributed by atoms with Crippen LogP contribution in [0, 0.1) is 0 Å². The lowest BCUT2D eigenvalue weighted by Crippen LogP contribution is -2.67. The van der Waals surface area contributed by atoms with E-state index in [1.165, 1.54) is 0 Å². The zero-order valence-electron chi connectivity index (χ0n) is 25.5. The van der Waals surface area contributed by atoms with E-state index in [9.17, 15) is 56.2 Å². The zero-order chi connectivity index (χ0) is 34.3. The highest BCUT2D eigenvalue weighted by Crippen LogP contribution is 2.36. The maximum absolute atomic E-state index is 11.2. The molecule has 20 nitrogen and oxygen atoms in total. The molecule has 5 aliphatic rings. The summed E-state index contributed by atoms with van der Waals surface area (Å²) >= 11 is 0. The summed E-state index contributed by atoms with van der Waals surface area (Å²) in [6, 6.07) is -0.927. The molecule has 0 aromatic heterocycles. The fraction of sp³-hybridized carbons (Fsp3) is 0.963. The van der Waals surface area contributed by atoms with Gasteiger partial charge in [0.15, 0.2) is 24.8 Å². The van der Waals surface area contributed by atoms with Gasteiger partial charge in [-0.05, 0) is 6.42 Å². The van der Waals surface area contributed by atoms with Crippen LogP contribution in [0.4, 0.5) is 0 Å². The summed E-state index contributed by atoms with van der Waals surface area (Å²) < 4.78 is 45.2. The number of hydrogen-bond acceptors (Lipinski definition) is 20. The lowest BCUT2D eigenvalue weighted by Gasteiger charge is -2.49. The van der Waals surface area contributed by atoms with Crippen molar-refractivity contribution in [2.45, 2.75) is 143 Å². The van der Waals surface area contributed by atoms with Gasteiger partial charge in [-0.2, -0.15) is 0 Å². The van der Waals surface area contributed by atoms with Crippen LogP contribution in [0.25, 0.3) is 0 Å². The number of nitrogens with zero attached hydrogens (tertiary/aromatic N) is 1. The number of aliphatic imine (C=N–C) groups is 1. The third-order valence-corrected chi connectivity index (χ3v) is 9.03. The Kier molecular flexibility index (Phi) is 12.1. The van der Waals surface area contributed by atoms with Crippen LogP contribution in [0.2, 0.25) is 0 Å². The first-order valence-corrected chi connectivity index (χ1v) is 15.4. The average Bonchev–Trinajstić information content (AvgIpc) is 3.44. The van der Waals surface area contributed by atoms with Crippen LogP contribution in [0.5, 0.6) is 0 Å². The number of aliphatic hydroxyl groups is 11. The second-order valence-corrected chi connectivity index (χ2v) is 12.1. The number of ether oxygens (including phenoxy) is 8. The van der Waals surface area contributed by atoms with Gasteiger partial charge in [0.1, 0.15) is 91.5 Å². The van der Waals surface area contributed by atoms with Crippen molar-refractivity contribution in [1.82, 2.24) is 0 Å². The van der Waals surface area contributed by atoms with Crippen molar-refractivity contribution >= 4 is 5.90 Å². The second kappa shape index (κ2) is 15.3. The normalized spacial score (nSPS) is 52.1. The Morgan fingerprint density at radius 3 is 1.62 bits per heavy atom. The van der Waals surface area contributed by atoms with Gasteiger partial charge in [0.2, 0.25) is 6.29 Å². The molecule has 0 saturated carbocycles. The van der Waals surface area contributed by atoms with Crippen molar-refractivity contribution in [1.29, 1.82) is 0 Å². The van der Waals surface area contributed by atoms with Gasteiger partial charge in [0.05, 0.1) is 25.9 Å². The molecule has 5 rings (SSSR count). The van der Waals surface area contributed by atoms with Gasteiger partial charge in [-0.1, -0.05) is 6.92 Å². The number of rotatable bonds is 10. The summed E-state index contributed by atoms with van der Waals surface area (Å²) in [4.78, 5) is 4.15. The van der Waals surface area contributed by atoms with Crippen LogP contribution < -0.4 is 0 Å². The first-order chi connectivity index (χ1) is 22.3. The monoisotopic (exact) mass is 687 g/mol. The molecule has 0 bridgehead atoms. The van der Waals surface area contributed by atoms with Crippen LogP contribution in [0.3, 0.4) is 0 Å². The molecule has 5 heterocycles. The van der Waals surface area contributed by atoms with Crippen molar-refractivity contribution < 1.29 is 94.1 Å². The van der Waals surface area contributed by atoms with Gasteiger partial charge >= 0.3 is 0 Å². The highest BCUT2D eigenvalue weighted by molar-refractivity contribution is 5.75. The van der Waals surface area contributed by atoms with Gasteiger partial charge in [-0.3, -0.25) is 0 Å². The summed E-state index contributed by atoms with van der Waals surface area (Å²) in [7, 11) is 0. The van der Waals surface area contributed by atoms with E-state index in [4.69, 9.17) is 37.9 Å². The third kappa shape index (κ3) is 7.18. The molecule has 8 unspecified atom stereocenters. The quantitative estimate of drug-likeness (QED) is 0.102.